The molecule has 7 heteroatoms. The molecule has 1 heterocycles. The van der Waals surface area contributed by atoms with Crippen LogP contribution in [0.15, 0.2) is 48.5 Å². The Labute approximate surface area is 170 Å². The van der Waals surface area contributed by atoms with Gasteiger partial charge >= 0.3 is 0 Å². The first kappa shape index (κ1) is 20.8. The van der Waals surface area contributed by atoms with Gasteiger partial charge in [-0.15, -0.1) is 0 Å². The van der Waals surface area contributed by atoms with E-state index in [9.17, 15) is 14.0 Å². The Hall–Kier alpha value is -2.93. The summed E-state index contributed by atoms with van der Waals surface area (Å²) in [5, 5.41) is 2.96. The number of rotatable bonds is 6. The number of carbonyl (C=O) groups is 2. The third-order valence-corrected chi connectivity index (χ3v) is 5.27. The molecule has 2 amide bonds. The van der Waals surface area contributed by atoms with E-state index in [4.69, 9.17) is 4.74 Å². The second kappa shape index (κ2) is 9.52. The molecule has 2 aromatic rings. The van der Waals surface area contributed by atoms with Crippen LogP contribution in [0, 0.1) is 5.82 Å². The lowest BCUT2D eigenvalue weighted by atomic mass is 10.1. The van der Waals surface area contributed by atoms with Gasteiger partial charge in [-0.1, -0.05) is 18.2 Å². The standard InChI is InChI=1S/C22H26FN3O3/c1-16(21(27)24-15-18-5-3-4-6-20(18)29-2)25-11-13-26(14-12-25)22(28)17-7-9-19(23)10-8-17/h3-10,16H,11-15H2,1-2H3,(H,24,27). The number of ether oxygens (including phenoxy) is 1. The van der Waals surface area contributed by atoms with E-state index in [1.807, 2.05) is 31.2 Å². The SMILES string of the molecule is COc1ccccc1CNC(=O)C(C)N1CCN(C(=O)c2ccc(F)cc2)CC1. The molecule has 1 aliphatic rings. The van der Waals surface area contributed by atoms with Crippen molar-refractivity contribution >= 4 is 11.8 Å². The van der Waals surface area contributed by atoms with Crippen molar-refractivity contribution in [2.75, 3.05) is 33.3 Å². The van der Waals surface area contributed by atoms with Crippen molar-refractivity contribution in [1.29, 1.82) is 0 Å². The maximum absolute atomic E-state index is 13.0. The van der Waals surface area contributed by atoms with Crippen LogP contribution < -0.4 is 10.1 Å². The fraction of sp³-hybridized carbons (Fsp3) is 0.364. The molecule has 1 atom stereocenters. The van der Waals surface area contributed by atoms with E-state index in [1.54, 1.807) is 12.0 Å². The Bertz CT molecular complexity index is 849. The zero-order valence-corrected chi connectivity index (χ0v) is 16.7. The quantitative estimate of drug-likeness (QED) is 0.810. The normalized spacial score (nSPS) is 15.6. The Balaban J connectivity index is 1.50. The van der Waals surface area contributed by atoms with Gasteiger partial charge in [0.25, 0.3) is 5.91 Å². The van der Waals surface area contributed by atoms with Crippen molar-refractivity contribution < 1.29 is 18.7 Å². The van der Waals surface area contributed by atoms with Crippen LogP contribution in [-0.4, -0.2) is 60.9 Å². The van der Waals surface area contributed by atoms with E-state index in [1.165, 1.54) is 24.3 Å². The van der Waals surface area contributed by atoms with Gasteiger partial charge in [-0.3, -0.25) is 14.5 Å². The first-order chi connectivity index (χ1) is 14.0. The maximum Gasteiger partial charge on any atom is 0.253 e. The number of benzene rings is 2. The lowest BCUT2D eigenvalue weighted by Crippen LogP contribution is -2.54. The van der Waals surface area contributed by atoms with Crippen LogP contribution in [0.25, 0.3) is 0 Å². The highest BCUT2D eigenvalue weighted by Gasteiger charge is 2.27. The Morgan fingerprint density at radius 3 is 2.38 bits per heavy atom. The number of hydrogen-bond acceptors (Lipinski definition) is 4. The second-order valence-electron chi connectivity index (χ2n) is 7.04. The molecule has 29 heavy (non-hydrogen) atoms. The smallest absolute Gasteiger partial charge is 0.253 e. The van der Waals surface area contributed by atoms with Gasteiger partial charge in [0.1, 0.15) is 11.6 Å². The monoisotopic (exact) mass is 399 g/mol. The van der Waals surface area contributed by atoms with Crippen molar-refractivity contribution in [3.05, 3.63) is 65.5 Å². The minimum Gasteiger partial charge on any atom is -0.496 e. The predicted molar refractivity (Wildman–Crippen MR) is 108 cm³/mol. The number of amides is 2. The van der Waals surface area contributed by atoms with Crippen molar-refractivity contribution in [1.82, 2.24) is 15.1 Å². The fourth-order valence-corrected chi connectivity index (χ4v) is 3.43. The minimum atomic E-state index is -0.362. The molecule has 2 aromatic carbocycles. The molecule has 1 fully saturated rings. The Morgan fingerprint density at radius 1 is 1.07 bits per heavy atom. The van der Waals surface area contributed by atoms with Crippen LogP contribution in [0.1, 0.15) is 22.8 Å². The van der Waals surface area contributed by atoms with Crippen LogP contribution in [0.5, 0.6) is 5.75 Å². The molecule has 154 valence electrons. The van der Waals surface area contributed by atoms with Crippen LogP contribution in [0.4, 0.5) is 4.39 Å². The first-order valence-electron chi connectivity index (χ1n) is 9.68. The average molecular weight is 399 g/mol. The van der Waals surface area contributed by atoms with Crippen molar-refractivity contribution in [2.45, 2.75) is 19.5 Å². The van der Waals surface area contributed by atoms with Crippen molar-refractivity contribution in [2.24, 2.45) is 0 Å². The Morgan fingerprint density at radius 2 is 1.72 bits per heavy atom. The zero-order chi connectivity index (χ0) is 20.8. The van der Waals surface area contributed by atoms with Gasteiger partial charge in [0.2, 0.25) is 5.91 Å². The summed E-state index contributed by atoms with van der Waals surface area (Å²) in [7, 11) is 1.61. The summed E-state index contributed by atoms with van der Waals surface area (Å²) in [4.78, 5) is 28.9. The molecular formula is C22H26FN3O3. The van der Waals surface area contributed by atoms with Gasteiger partial charge in [-0.2, -0.15) is 0 Å². The van der Waals surface area contributed by atoms with E-state index in [-0.39, 0.29) is 23.7 Å². The topological polar surface area (TPSA) is 61.9 Å². The molecule has 0 radical (unpaired) electrons. The van der Waals surface area contributed by atoms with Crippen LogP contribution in [0.3, 0.4) is 0 Å². The lowest BCUT2D eigenvalue weighted by Gasteiger charge is -2.37. The summed E-state index contributed by atoms with van der Waals surface area (Å²) < 4.78 is 18.4. The van der Waals surface area contributed by atoms with E-state index in [2.05, 4.69) is 10.2 Å². The molecule has 6 nitrogen and oxygen atoms in total. The fourth-order valence-electron chi connectivity index (χ4n) is 3.43. The van der Waals surface area contributed by atoms with Crippen LogP contribution in [0.2, 0.25) is 0 Å². The summed E-state index contributed by atoms with van der Waals surface area (Å²) in [6.07, 6.45) is 0. The van der Waals surface area contributed by atoms with Gasteiger partial charge in [0.15, 0.2) is 0 Å². The third kappa shape index (κ3) is 5.12. The molecule has 0 aliphatic carbocycles. The van der Waals surface area contributed by atoms with Gasteiger partial charge < -0.3 is 15.0 Å². The number of hydrogen-bond donors (Lipinski definition) is 1. The molecule has 0 aromatic heterocycles. The molecule has 0 saturated carbocycles. The number of nitrogens with zero attached hydrogens (tertiary/aromatic N) is 2. The molecule has 1 unspecified atom stereocenters. The number of halogens is 1. The molecule has 1 aliphatic heterocycles. The van der Waals surface area contributed by atoms with Gasteiger partial charge in [0, 0.05) is 43.9 Å². The summed E-state index contributed by atoms with van der Waals surface area (Å²) in [6, 6.07) is 12.9. The number of nitrogens with one attached hydrogen (secondary N) is 1. The highest BCUT2D eigenvalue weighted by molar-refractivity contribution is 5.94. The van der Waals surface area contributed by atoms with Gasteiger partial charge in [0.05, 0.1) is 13.2 Å². The number of carbonyl (C=O) groups excluding carboxylic acids is 2. The Kier molecular flexibility index (Phi) is 6.82. The van der Waals surface area contributed by atoms with Crippen molar-refractivity contribution in [3.8, 4) is 5.75 Å². The largest absolute Gasteiger partial charge is 0.496 e. The summed E-state index contributed by atoms with van der Waals surface area (Å²) in [5.74, 6) is 0.208. The summed E-state index contributed by atoms with van der Waals surface area (Å²) >= 11 is 0. The number of methoxy groups -OCH3 is 1. The number of para-hydroxylation sites is 1. The molecule has 1 N–H and O–H groups in total. The van der Waals surface area contributed by atoms with E-state index in [0.717, 1.165) is 11.3 Å². The lowest BCUT2D eigenvalue weighted by molar-refractivity contribution is -0.126. The zero-order valence-electron chi connectivity index (χ0n) is 16.7. The molecular weight excluding hydrogens is 373 g/mol. The summed E-state index contributed by atoms with van der Waals surface area (Å²) in [6.45, 7) is 4.54. The molecule has 3 rings (SSSR count). The maximum atomic E-state index is 13.0. The summed E-state index contributed by atoms with van der Waals surface area (Å²) in [5.41, 5.74) is 1.40. The van der Waals surface area contributed by atoms with E-state index in [0.29, 0.717) is 38.3 Å². The highest BCUT2D eigenvalue weighted by Crippen LogP contribution is 2.17. The minimum absolute atomic E-state index is 0.0609. The first-order valence-corrected chi connectivity index (χ1v) is 9.68. The van der Waals surface area contributed by atoms with Gasteiger partial charge in [-0.05, 0) is 37.3 Å². The molecule has 1 saturated heterocycles. The molecule has 0 spiro atoms. The van der Waals surface area contributed by atoms with Gasteiger partial charge in [-0.25, -0.2) is 4.39 Å². The average Bonchev–Trinajstić information content (AvgIpc) is 2.77. The van der Waals surface area contributed by atoms with Crippen LogP contribution >= 0.6 is 0 Å². The number of piperazine rings is 1. The van der Waals surface area contributed by atoms with Crippen molar-refractivity contribution in [3.63, 3.8) is 0 Å². The van der Waals surface area contributed by atoms with Crippen LogP contribution in [-0.2, 0) is 11.3 Å². The molecule has 0 bridgehead atoms. The van der Waals surface area contributed by atoms with E-state index < -0.39 is 0 Å². The second-order valence-corrected chi connectivity index (χ2v) is 7.04. The van der Waals surface area contributed by atoms with E-state index >= 15 is 0 Å². The highest BCUT2D eigenvalue weighted by atomic mass is 19.1. The third-order valence-electron chi connectivity index (χ3n) is 5.27. The predicted octanol–water partition coefficient (Wildman–Crippen LogP) is 2.30.